The van der Waals surface area contributed by atoms with Gasteiger partial charge >= 0.3 is 0 Å². The lowest BCUT2D eigenvalue weighted by atomic mass is 9.99. The highest BCUT2D eigenvalue weighted by Gasteiger charge is 2.20. The van der Waals surface area contributed by atoms with E-state index in [4.69, 9.17) is 0 Å². The maximum atomic E-state index is 4.11. The van der Waals surface area contributed by atoms with Gasteiger partial charge in [-0.1, -0.05) is 149 Å². The Labute approximate surface area is 307 Å². The lowest BCUT2D eigenvalue weighted by Gasteiger charge is -2.31. The Kier molecular flexibility index (Phi) is 13.6. The van der Waals surface area contributed by atoms with E-state index < -0.39 is 0 Å². The Balaban J connectivity index is 1.52. The van der Waals surface area contributed by atoms with Crippen LogP contribution >= 0.6 is 0 Å². The first-order valence-corrected chi connectivity index (χ1v) is 18.3. The fourth-order valence-electron chi connectivity index (χ4n) is 6.37. The van der Waals surface area contributed by atoms with E-state index in [1.54, 1.807) is 0 Å². The van der Waals surface area contributed by atoms with Crippen LogP contribution < -0.4 is 9.80 Å². The summed E-state index contributed by atoms with van der Waals surface area (Å²) in [6, 6.07) is 28.6. The minimum absolute atomic E-state index is 0.382. The summed E-state index contributed by atoms with van der Waals surface area (Å²) in [5.74, 6) is 0.382. The summed E-state index contributed by atoms with van der Waals surface area (Å²) in [6.07, 6.45) is 38.6. The maximum Gasteiger partial charge on any atom is 0.0499 e. The van der Waals surface area contributed by atoms with Crippen LogP contribution in [0.2, 0.25) is 0 Å². The first-order chi connectivity index (χ1) is 25.0. The topological polar surface area (TPSA) is 6.48 Å². The van der Waals surface area contributed by atoms with Crippen LogP contribution in [0.5, 0.6) is 0 Å². The van der Waals surface area contributed by atoms with Crippen molar-refractivity contribution in [3.8, 4) is 11.1 Å². The van der Waals surface area contributed by atoms with Gasteiger partial charge in [0.2, 0.25) is 0 Å². The molecule has 0 heterocycles. The molecule has 51 heavy (non-hydrogen) atoms. The standard InChI is InChI=1S/C49H52N2/c1-6-9-25-43(20-7-2)51(49(21-8-3)48-30-18-11-14-24-40(48)5)47-37-33-42(34-38-47)41-31-35-46(36-32-41)50(44-26-16-12-17-27-44)45-28-15-10-13-22-39(4)23-19-29-45/h8-27,29,31-39H,3,6-7,28,30H2,1-2,4-5H3/b15-10-,22-13-,23-19-,25-9?,43-20+,45-29+,49-21+. The van der Waals surface area contributed by atoms with Crippen molar-refractivity contribution in [1.82, 2.24) is 0 Å². The van der Waals surface area contributed by atoms with Crippen LogP contribution in [0.15, 0.2) is 211 Å². The molecule has 0 aliphatic heterocycles. The van der Waals surface area contributed by atoms with E-state index in [9.17, 15) is 0 Å². The molecule has 1 atom stereocenters. The highest BCUT2D eigenvalue weighted by atomic mass is 15.2. The molecule has 0 fully saturated rings. The van der Waals surface area contributed by atoms with Crippen molar-refractivity contribution in [3.63, 3.8) is 0 Å². The van der Waals surface area contributed by atoms with Gasteiger partial charge in [-0.3, -0.25) is 0 Å². The van der Waals surface area contributed by atoms with Crippen molar-refractivity contribution in [2.45, 2.75) is 53.4 Å². The predicted octanol–water partition coefficient (Wildman–Crippen LogP) is 14.1. The van der Waals surface area contributed by atoms with Crippen LogP contribution in [-0.2, 0) is 0 Å². The molecule has 2 aliphatic carbocycles. The number of nitrogens with zero attached hydrogens (tertiary/aromatic N) is 2. The second-order valence-corrected chi connectivity index (χ2v) is 12.8. The molecule has 3 aromatic rings. The van der Waals surface area contributed by atoms with E-state index >= 15 is 0 Å². The number of para-hydroxylation sites is 1. The van der Waals surface area contributed by atoms with E-state index in [0.29, 0.717) is 5.92 Å². The summed E-state index contributed by atoms with van der Waals surface area (Å²) in [7, 11) is 0. The summed E-state index contributed by atoms with van der Waals surface area (Å²) in [6.45, 7) is 12.9. The van der Waals surface area contributed by atoms with E-state index in [1.165, 1.54) is 28.0 Å². The summed E-state index contributed by atoms with van der Waals surface area (Å²) in [5.41, 5.74) is 11.8. The largest absolute Gasteiger partial charge is 0.314 e. The number of rotatable bonds is 12. The molecular weight excluding hydrogens is 617 g/mol. The number of hydrogen-bond donors (Lipinski definition) is 0. The number of anilines is 3. The molecule has 258 valence electrons. The third-order valence-corrected chi connectivity index (χ3v) is 8.99. The summed E-state index contributed by atoms with van der Waals surface area (Å²) < 4.78 is 0. The maximum absolute atomic E-state index is 4.11. The zero-order valence-corrected chi connectivity index (χ0v) is 30.8. The average molecular weight is 669 g/mol. The molecule has 0 saturated heterocycles. The normalized spacial score (nSPS) is 19.6. The summed E-state index contributed by atoms with van der Waals surface area (Å²) in [5, 5.41) is 0. The molecule has 0 radical (unpaired) electrons. The van der Waals surface area contributed by atoms with Gasteiger partial charge in [-0.15, -0.1) is 0 Å². The molecule has 0 amide bonds. The second kappa shape index (κ2) is 19.0. The minimum Gasteiger partial charge on any atom is -0.314 e. The fraction of sp³-hybridized carbons (Fsp3) is 0.184. The van der Waals surface area contributed by atoms with Gasteiger partial charge in [-0.05, 0) is 109 Å². The van der Waals surface area contributed by atoms with Crippen LogP contribution in [-0.4, -0.2) is 0 Å². The smallest absolute Gasteiger partial charge is 0.0499 e. The number of hydrogen-bond acceptors (Lipinski definition) is 2. The molecule has 0 aromatic heterocycles. The average Bonchev–Trinajstić information content (AvgIpc) is 3.38. The Morgan fingerprint density at radius 1 is 0.745 bits per heavy atom. The van der Waals surface area contributed by atoms with E-state index in [2.05, 4.69) is 214 Å². The van der Waals surface area contributed by atoms with Gasteiger partial charge in [0, 0.05) is 40.6 Å². The highest BCUT2D eigenvalue weighted by molar-refractivity contribution is 5.75. The van der Waals surface area contributed by atoms with Crippen LogP contribution in [0.3, 0.4) is 0 Å². The van der Waals surface area contributed by atoms with Gasteiger partial charge in [-0.25, -0.2) is 0 Å². The van der Waals surface area contributed by atoms with Crippen LogP contribution in [0.4, 0.5) is 17.1 Å². The summed E-state index contributed by atoms with van der Waals surface area (Å²) in [4.78, 5) is 4.75. The monoisotopic (exact) mass is 668 g/mol. The van der Waals surface area contributed by atoms with Crippen LogP contribution in [0.25, 0.3) is 11.1 Å². The van der Waals surface area contributed by atoms with Gasteiger partial charge in [0.05, 0.1) is 0 Å². The van der Waals surface area contributed by atoms with E-state index in [0.717, 1.165) is 54.1 Å². The van der Waals surface area contributed by atoms with Gasteiger partial charge in [0.25, 0.3) is 0 Å². The molecular formula is C49H52N2. The molecule has 2 nitrogen and oxygen atoms in total. The Hall–Kier alpha value is -5.60. The third kappa shape index (κ3) is 9.77. The van der Waals surface area contributed by atoms with Crippen molar-refractivity contribution < 1.29 is 0 Å². The molecule has 2 heteroatoms. The van der Waals surface area contributed by atoms with Gasteiger partial charge in [0.15, 0.2) is 0 Å². The van der Waals surface area contributed by atoms with Crippen molar-refractivity contribution in [2.75, 3.05) is 9.80 Å². The van der Waals surface area contributed by atoms with Crippen molar-refractivity contribution in [2.24, 2.45) is 5.92 Å². The summed E-state index contributed by atoms with van der Waals surface area (Å²) >= 11 is 0. The number of allylic oxidation sites excluding steroid dienone is 18. The second-order valence-electron chi connectivity index (χ2n) is 12.8. The molecule has 0 saturated carbocycles. The molecule has 1 unspecified atom stereocenters. The van der Waals surface area contributed by atoms with Crippen molar-refractivity contribution in [3.05, 3.63) is 211 Å². The molecule has 0 spiro atoms. The van der Waals surface area contributed by atoms with E-state index in [-0.39, 0.29) is 0 Å². The Morgan fingerprint density at radius 2 is 1.39 bits per heavy atom. The molecule has 3 aromatic carbocycles. The van der Waals surface area contributed by atoms with Crippen LogP contribution in [0, 0.1) is 5.92 Å². The van der Waals surface area contributed by atoms with Crippen molar-refractivity contribution >= 4 is 17.1 Å². The number of benzene rings is 3. The first kappa shape index (κ1) is 36.7. The van der Waals surface area contributed by atoms with Gasteiger partial charge in [-0.2, -0.15) is 0 Å². The SMILES string of the molecule is C=C/C=C(\C1=C(C)C=CC=CC1)N(/C(C=CCC)=C/CC)c1ccc(-c2ccc(N(/C3=C/C=C\C(C)/C=C\C=C/C3)c3ccccc3)cc2)cc1. The lowest BCUT2D eigenvalue weighted by Crippen LogP contribution is -2.23. The lowest BCUT2D eigenvalue weighted by molar-refractivity contribution is 0.938. The van der Waals surface area contributed by atoms with Crippen LogP contribution in [0.1, 0.15) is 53.4 Å². The van der Waals surface area contributed by atoms with E-state index in [1.807, 2.05) is 6.08 Å². The zero-order valence-electron chi connectivity index (χ0n) is 30.8. The zero-order chi connectivity index (χ0) is 35.8. The molecule has 0 N–H and O–H groups in total. The first-order valence-electron chi connectivity index (χ1n) is 18.3. The third-order valence-electron chi connectivity index (χ3n) is 8.99. The predicted molar refractivity (Wildman–Crippen MR) is 224 cm³/mol. The Morgan fingerprint density at radius 3 is 2.08 bits per heavy atom. The van der Waals surface area contributed by atoms with Gasteiger partial charge in [0.1, 0.15) is 0 Å². The molecule has 2 aliphatic rings. The minimum atomic E-state index is 0.382. The quantitative estimate of drug-likeness (QED) is 0.177. The fourth-order valence-corrected chi connectivity index (χ4v) is 6.37. The Bertz CT molecular complexity index is 1920. The molecule has 5 rings (SSSR count). The highest BCUT2D eigenvalue weighted by Crippen LogP contribution is 2.37. The van der Waals surface area contributed by atoms with Crippen molar-refractivity contribution in [1.29, 1.82) is 0 Å². The van der Waals surface area contributed by atoms with Gasteiger partial charge < -0.3 is 9.80 Å². The molecule has 0 bridgehead atoms.